The number of methoxy groups -OCH3 is 1. The summed E-state index contributed by atoms with van der Waals surface area (Å²) >= 11 is 13.5. The van der Waals surface area contributed by atoms with Gasteiger partial charge in [0.1, 0.15) is 11.6 Å². The van der Waals surface area contributed by atoms with Gasteiger partial charge in [-0.2, -0.15) is 0 Å². The number of carbonyl (C=O) groups is 2. The molecule has 6 heterocycles. The Morgan fingerprint density at radius 1 is 0.979 bits per heavy atom. The van der Waals surface area contributed by atoms with Crippen molar-refractivity contribution < 1.29 is 28.2 Å². The molecule has 2 unspecified atom stereocenters. The molecule has 1 N–H and O–H groups in total. The number of halogens is 3. The SMILES string of the molecule is COC(=O)c1cc(F)c(-c2cccc3c2OCN(C(=O)c2c(Cl)cc(N4C[C@H]5CC[C@@H]4CN5)cc2Cl)C3)cc1N1C2CCC1COC2. The van der Waals surface area contributed by atoms with Gasteiger partial charge in [-0.25, -0.2) is 9.18 Å². The van der Waals surface area contributed by atoms with Crippen LogP contribution in [0.15, 0.2) is 42.5 Å². The molecule has 0 aliphatic carbocycles. The zero-order chi connectivity index (χ0) is 32.4. The summed E-state index contributed by atoms with van der Waals surface area (Å²) in [5, 5.41) is 4.14. The molecule has 0 radical (unpaired) electrons. The van der Waals surface area contributed by atoms with Gasteiger partial charge in [0, 0.05) is 47.6 Å². The fourth-order valence-corrected chi connectivity index (χ4v) is 8.64. The van der Waals surface area contributed by atoms with Crippen LogP contribution in [-0.2, 0) is 16.0 Å². The van der Waals surface area contributed by atoms with Crippen LogP contribution >= 0.6 is 23.2 Å². The van der Waals surface area contributed by atoms with Gasteiger partial charge in [-0.05, 0) is 49.9 Å². The van der Waals surface area contributed by atoms with Crippen LogP contribution in [0.1, 0.15) is 52.0 Å². The Morgan fingerprint density at radius 2 is 1.72 bits per heavy atom. The lowest BCUT2D eigenvalue weighted by Gasteiger charge is -2.47. The molecular formula is C35H35Cl2FN4O5. The average molecular weight is 682 g/mol. The normalized spacial score (nSPS) is 24.6. The van der Waals surface area contributed by atoms with Crippen molar-refractivity contribution in [3.63, 3.8) is 0 Å². The number of ether oxygens (including phenoxy) is 3. The quantitative estimate of drug-likeness (QED) is 0.335. The minimum Gasteiger partial charge on any atom is -0.472 e. The third kappa shape index (κ3) is 5.30. The fraction of sp³-hybridized carbons (Fsp3) is 0.429. The molecule has 0 saturated carbocycles. The first-order valence-electron chi connectivity index (χ1n) is 16.1. The van der Waals surface area contributed by atoms with E-state index in [0.717, 1.165) is 44.5 Å². The molecule has 6 aliphatic heterocycles. The zero-order valence-corrected chi connectivity index (χ0v) is 27.5. The number of nitrogens with zero attached hydrogens (tertiary/aromatic N) is 3. The molecule has 0 aromatic heterocycles. The number of hydrogen-bond donors (Lipinski definition) is 1. The van der Waals surface area contributed by atoms with E-state index in [1.165, 1.54) is 13.2 Å². The number of anilines is 2. The van der Waals surface area contributed by atoms with Crippen LogP contribution in [0.3, 0.4) is 0 Å². The highest BCUT2D eigenvalue weighted by molar-refractivity contribution is 6.40. The second-order valence-electron chi connectivity index (χ2n) is 13.0. The Bertz CT molecular complexity index is 1730. The van der Waals surface area contributed by atoms with E-state index in [1.54, 1.807) is 17.0 Å². The van der Waals surface area contributed by atoms with Gasteiger partial charge in [-0.3, -0.25) is 4.79 Å². The monoisotopic (exact) mass is 680 g/mol. The smallest absolute Gasteiger partial charge is 0.340 e. The minimum absolute atomic E-state index is 0.0683. The van der Waals surface area contributed by atoms with E-state index in [0.29, 0.717) is 63.5 Å². The lowest BCUT2D eigenvalue weighted by Crippen LogP contribution is -2.61. The van der Waals surface area contributed by atoms with Crippen molar-refractivity contribution >= 4 is 46.5 Å². The van der Waals surface area contributed by atoms with Crippen molar-refractivity contribution in [1.82, 2.24) is 10.2 Å². The standard InChI is InChI=1S/C35H35Cl2FN4O5/c1-45-35(44)27-11-30(38)26(12-31(27)42-22-7-8-23(42)17-46-16-22)25-4-2-3-19-14-40(18-47-33(19)25)34(43)32-28(36)9-24(10-29(32)37)41-15-20-5-6-21(41)13-39-20/h2-4,9-12,20-23,39H,5-8,13-18H2,1H3/t20-,21-,22?,23?/m1/s1. The zero-order valence-electron chi connectivity index (χ0n) is 25.9. The number of hydrogen-bond acceptors (Lipinski definition) is 8. The number of para-hydroxylation sites is 1. The molecule has 9 rings (SSSR count). The molecule has 47 heavy (non-hydrogen) atoms. The summed E-state index contributed by atoms with van der Waals surface area (Å²) in [7, 11) is 1.30. The molecule has 4 atom stereocenters. The third-order valence-corrected chi connectivity index (χ3v) is 10.9. The predicted octanol–water partition coefficient (Wildman–Crippen LogP) is 5.89. The molecule has 3 aromatic carbocycles. The van der Waals surface area contributed by atoms with E-state index in [4.69, 9.17) is 37.4 Å². The van der Waals surface area contributed by atoms with Crippen molar-refractivity contribution in [2.24, 2.45) is 0 Å². The number of carbonyl (C=O) groups excluding carboxylic acids is 2. The highest BCUT2D eigenvalue weighted by Crippen LogP contribution is 2.44. The number of nitrogens with one attached hydrogen (secondary N) is 1. The van der Waals surface area contributed by atoms with E-state index in [9.17, 15) is 9.59 Å². The summed E-state index contributed by atoms with van der Waals surface area (Å²) in [5.41, 5.74) is 3.51. The average Bonchev–Trinajstić information content (AvgIpc) is 3.34. The molecule has 246 valence electrons. The summed E-state index contributed by atoms with van der Waals surface area (Å²) in [4.78, 5) is 32.7. The predicted molar refractivity (Wildman–Crippen MR) is 177 cm³/mol. The van der Waals surface area contributed by atoms with Crippen LogP contribution in [0.5, 0.6) is 5.75 Å². The first-order valence-corrected chi connectivity index (χ1v) is 16.9. The number of piperazine rings is 1. The van der Waals surface area contributed by atoms with Gasteiger partial charge >= 0.3 is 5.97 Å². The highest BCUT2D eigenvalue weighted by atomic mass is 35.5. The molecule has 4 bridgehead atoms. The first-order chi connectivity index (χ1) is 22.8. The maximum absolute atomic E-state index is 15.9. The van der Waals surface area contributed by atoms with Gasteiger partial charge in [-0.1, -0.05) is 41.4 Å². The second kappa shape index (κ2) is 12.1. The van der Waals surface area contributed by atoms with Crippen molar-refractivity contribution in [2.75, 3.05) is 49.9 Å². The number of benzene rings is 3. The first kappa shape index (κ1) is 30.7. The maximum Gasteiger partial charge on any atom is 0.340 e. The van der Waals surface area contributed by atoms with Crippen molar-refractivity contribution in [3.8, 4) is 16.9 Å². The summed E-state index contributed by atoms with van der Waals surface area (Å²) in [5.74, 6) is -1.02. The topological polar surface area (TPSA) is 83.6 Å². The summed E-state index contributed by atoms with van der Waals surface area (Å²) in [6.45, 7) is 3.05. The molecule has 12 heteroatoms. The van der Waals surface area contributed by atoms with Crippen molar-refractivity contribution in [3.05, 3.63) is 75.0 Å². The van der Waals surface area contributed by atoms with E-state index in [2.05, 4.69) is 15.1 Å². The molecule has 9 nitrogen and oxygen atoms in total. The summed E-state index contributed by atoms with van der Waals surface area (Å²) < 4.78 is 32.9. The second-order valence-corrected chi connectivity index (χ2v) is 13.8. The molecule has 6 aliphatic rings. The lowest BCUT2D eigenvalue weighted by molar-refractivity contribution is 0.0515. The van der Waals surface area contributed by atoms with E-state index < -0.39 is 11.8 Å². The summed E-state index contributed by atoms with van der Waals surface area (Å²) in [6.07, 6.45) is 4.12. The van der Waals surface area contributed by atoms with Crippen LogP contribution in [-0.4, -0.2) is 81.1 Å². The number of rotatable bonds is 5. The number of morpholine rings is 1. The molecule has 3 aromatic rings. The number of esters is 1. The Labute approximate surface area is 282 Å². The third-order valence-electron chi connectivity index (χ3n) is 10.3. The van der Waals surface area contributed by atoms with Gasteiger partial charge in [0.05, 0.1) is 65.8 Å². The van der Waals surface area contributed by atoms with E-state index in [-0.39, 0.29) is 42.4 Å². The van der Waals surface area contributed by atoms with Gasteiger partial charge in [-0.15, -0.1) is 0 Å². The van der Waals surface area contributed by atoms with E-state index >= 15 is 4.39 Å². The van der Waals surface area contributed by atoms with Crippen LogP contribution < -0.4 is 19.9 Å². The van der Waals surface area contributed by atoms with Crippen molar-refractivity contribution in [1.29, 1.82) is 0 Å². The molecule has 0 spiro atoms. The minimum atomic E-state index is -0.595. The van der Waals surface area contributed by atoms with Crippen molar-refractivity contribution in [2.45, 2.75) is 56.4 Å². The fourth-order valence-electron chi connectivity index (χ4n) is 8.01. The molecular weight excluding hydrogens is 646 g/mol. The highest BCUT2D eigenvalue weighted by Gasteiger charge is 2.40. The molecule has 5 saturated heterocycles. The Hall–Kier alpha value is -3.57. The largest absolute Gasteiger partial charge is 0.472 e. The van der Waals surface area contributed by atoms with Gasteiger partial charge in [0.2, 0.25) is 0 Å². The van der Waals surface area contributed by atoms with Crippen LogP contribution in [0.2, 0.25) is 10.0 Å². The molecule has 5 fully saturated rings. The van der Waals surface area contributed by atoms with Crippen LogP contribution in [0, 0.1) is 5.82 Å². The van der Waals surface area contributed by atoms with Gasteiger partial charge < -0.3 is 34.2 Å². The Balaban J connectivity index is 1.09. The molecule has 1 amide bonds. The van der Waals surface area contributed by atoms with Gasteiger partial charge in [0.15, 0.2) is 6.73 Å². The Morgan fingerprint density at radius 3 is 2.38 bits per heavy atom. The van der Waals surface area contributed by atoms with E-state index in [1.807, 2.05) is 24.3 Å². The Kier molecular flexibility index (Phi) is 7.95. The number of fused-ring (bicyclic) bond motifs is 6. The number of amides is 1. The number of piperidine rings is 2. The lowest BCUT2D eigenvalue weighted by atomic mass is 9.92. The van der Waals surface area contributed by atoms with Crippen LogP contribution in [0.25, 0.3) is 11.1 Å². The summed E-state index contributed by atoms with van der Waals surface area (Å²) in [6, 6.07) is 13.1. The van der Waals surface area contributed by atoms with Crippen LogP contribution in [0.4, 0.5) is 15.8 Å². The van der Waals surface area contributed by atoms with Gasteiger partial charge in [0.25, 0.3) is 5.91 Å². The maximum atomic E-state index is 15.9.